The first-order valence-corrected chi connectivity index (χ1v) is 10.1. The van der Waals surface area contributed by atoms with Crippen molar-refractivity contribution >= 4 is 21.7 Å². The second kappa shape index (κ2) is 7.11. The van der Waals surface area contributed by atoms with Gasteiger partial charge in [0.2, 0.25) is 0 Å². The third-order valence-electron chi connectivity index (χ3n) is 4.77. The number of carboxylic acid groups (broad SMARTS) is 1. The fraction of sp³-hybridized carbons (Fsp3) is 0.444. The Kier molecular flexibility index (Phi) is 5.04. The number of aromatic nitrogens is 2. The first-order valence-electron chi connectivity index (χ1n) is 8.65. The topological polar surface area (TPSA) is 92.5 Å². The number of hydrogen-bond donors (Lipinski definition) is 1. The number of aliphatic carboxylic acids is 1. The summed E-state index contributed by atoms with van der Waals surface area (Å²) in [5.74, 6) is -0.877. The molecular weight excluding hydrogens is 354 g/mol. The molecule has 0 fully saturated rings. The van der Waals surface area contributed by atoms with Crippen LogP contribution in [-0.4, -0.2) is 36.3 Å². The minimum atomic E-state index is -3.75. The van der Waals surface area contributed by atoms with E-state index in [-0.39, 0.29) is 11.4 Å². The molecule has 7 nitrogen and oxygen atoms in total. The maximum atomic E-state index is 13.2. The van der Waals surface area contributed by atoms with E-state index in [1.165, 1.54) is 16.0 Å². The molecule has 1 heterocycles. The predicted octanol–water partition coefficient (Wildman–Crippen LogP) is 2.14. The third kappa shape index (κ3) is 3.46. The maximum absolute atomic E-state index is 13.2. The molecule has 1 aromatic heterocycles. The molecule has 0 saturated heterocycles. The molecule has 0 aliphatic heterocycles. The molecule has 140 valence electrons. The summed E-state index contributed by atoms with van der Waals surface area (Å²) in [5.41, 5.74) is 3.01. The number of sulfonamides is 1. The van der Waals surface area contributed by atoms with Gasteiger partial charge in [-0.25, -0.2) is 0 Å². The van der Waals surface area contributed by atoms with Gasteiger partial charge >= 0.3 is 5.97 Å². The van der Waals surface area contributed by atoms with Crippen molar-refractivity contribution in [1.29, 1.82) is 0 Å². The van der Waals surface area contributed by atoms with E-state index in [0.29, 0.717) is 12.1 Å². The Morgan fingerprint density at radius 2 is 2.04 bits per heavy atom. The predicted molar refractivity (Wildman–Crippen MR) is 97.8 cm³/mol. The summed E-state index contributed by atoms with van der Waals surface area (Å²) in [7, 11) is -0.561. The molecule has 1 aromatic carbocycles. The van der Waals surface area contributed by atoms with Crippen LogP contribution in [0, 0.1) is 0 Å². The lowest BCUT2D eigenvalue weighted by Crippen LogP contribution is -2.29. The maximum Gasteiger partial charge on any atom is 0.303 e. The summed E-state index contributed by atoms with van der Waals surface area (Å²) in [5, 5.41) is 13.5. The molecule has 0 radical (unpaired) electrons. The zero-order chi connectivity index (χ0) is 18.9. The molecule has 1 aliphatic rings. The van der Waals surface area contributed by atoms with E-state index in [9.17, 15) is 13.2 Å². The smallest absolute Gasteiger partial charge is 0.303 e. The highest BCUT2D eigenvalue weighted by molar-refractivity contribution is 7.92. The molecule has 2 aromatic rings. The lowest BCUT2D eigenvalue weighted by Gasteiger charge is -2.21. The average Bonchev–Trinajstić information content (AvgIpc) is 2.95. The number of carbonyl (C=O) groups is 1. The highest BCUT2D eigenvalue weighted by Gasteiger charge is 2.31. The van der Waals surface area contributed by atoms with Gasteiger partial charge in [0.25, 0.3) is 10.0 Å². The van der Waals surface area contributed by atoms with Crippen LogP contribution in [0.25, 0.3) is 0 Å². The van der Waals surface area contributed by atoms with Gasteiger partial charge in [-0.05, 0) is 49.8 Å². The molecule has 0 spiro atoms. The zero-order valence-corrected chi connectivity index (χ0v) is 15.8. The average molecular weight is 377 g/mol. The highest BCUT2D eigenvalue weighted by Crippen LogP contribution is 2.30. The van der Waals surface area contributed by atoms with Crippen LogP contribution in [0.3, 0.4) is 0 Å². The molecule has 0 unspecified atom stereocenters. The van der Waals surface area contributed by atoms with Gasteiger partial charge in [-0.2, -0.15) is 13.5 Å². The van der Waals surface area contributed by atoms with Crippen LogP contribution in [0.5, 0.6) is 0 Å². The Bertz CT molecular complexity index is 934. The molecule has 1 N–H and O–H groups in total. The largest absolute Gasteiger partial charge is 0.481 e. The number of benzene rings is 1. The summed E-state index contributed by atoms with van der Waals surface area (Å²) in [4.78, 5) is 10.8. The van der Waals surface area contributed by atoms with Gasteiger partial charge in [-0.15, -0.1) is 0 Å². The lowest BCUT2D eigenvalue weighted by atomic mass is 9.99. The Hall–Kier alpha value is -2.35. The van der Waals surface area contributed by atoms with Crippen molar-refractivity contribution in [1.82, 2.24) is 9.78 Å². The lowest BCUT2D eigenvalue weighted by molar-refractivity contribution is -0.136. The quantitative estimate of drug-likeness (QED) is 0.833. The van der Waals surface area contributed by atoms with Crippen molar-refractivity contribution in [3.05, 3.63) is 41.1 Å². The molecule has 0 saturated carbocycles. The monoisotopic (exact) mass is 377 g/mol. The molecule has 1 aliphatic carbocycles. The van der Waals surface area contributed by atoms with Crippen LogP contribution < -0.4 is 4.31 Å². The van der Waals surface area contributed by atoms with Crippen molar-refractivity contribution in [2.75, 3.05) is 11.4 Å². The fourth-order valence-electron chi connectivity index (χ4n) is 3.40. The van der Waals surface area contributed by atoms with Crippen molar-refractivity contribution in [2.24, 2.45) is 7.05 Å². The van der Waals surface area contributed by atoms with E-state index in [4.69, 9.17) is 5.11 Å². The number of rotatable bonds is 6. The molecule has 0 bridgehead atoms. The molecule has 0 atom stereocenters. The Balaban J connectivity index is 1.94. The van der Waals surface area contributed by atoms with Gasteiger partial charge in [0.15, 0.2) is 5.03 Å². The molecule has 3 rings (SSSR count). The van der Waals surface area contributed by atoms with Crippen LogP contribution >= 0.6 is 0 Å². The van der Waals surface area contributed by atoms with E-state index in [2.05, 4.69) is 5.10 Å². The van der Waals surface area contributed by atoms with Gasteiger partial charge in [0, 0.05) is 26.1 Å². The SMILES string of the molecule is CN(c1cccc(CCC(=O)O)c1)S(=O)(=O)c1c2c(nn1C)CCCC2. The standard InChI is InChI=1S/C18H23N3O4S/c1-20-18(15-8-3-4-9-16(15)19-20)26(24,25)21(2)14-7-5-6-13(12-14)10-11-17(22)23/h5-7,12H,3-4,8-11H2,1-2H3,(H,22,23). The highest BCUT2D eigenvalue weighted by atomic mass is 32.2. The summed E-state index contributed by atoms with van der Waals surface area (Å²) >= 11 is 0. The number of nitrogens with zero attached hydrogens (tertiary/aromatic N) is 3. The minimum Gasteiger partial charge on any atom is -0.481 e. The summed E-state index contributed by atoms with van der Waals surface area (Å²) in [6.07, 6.45) is 3.91. The van der Waals surface area contributed by atoms with Crippen molar-refractivity contribution in [3.63, 3.8) is 0 Å². The summed E-state index contributed by atoms with van der Waals surface area (Å²) in [6.45, 7) is 0. The summed E-state index contributed by atoms with van der Waals surface area (Å²) < 4.78 is 29.2. The Morgan fingerprint density at radius 3 is 2.77 bits per heavy atom. The van der Waals surface area contributed by atoms with Gasteiger partial charge in [0.05, 0.1) is 11.4 Å². The molecular formula is C18H23N3O4S. The second-order valence-corrected chi connectivity index (χ2v) is 8.48. The van der Waals surface area contributed by atoms with Gasteiger partial charge in [-0.3, -0.25) is 13.8 Å². The van der Waals surface area contributed by atoms with Gasteiger partial charge in [-0.1, -0.05) is 12.1 Å². The fourth-order valence-corrected chi connectivity index (χ4v) is 4.96. The van der Waals surface area contributed by atoms with Crippen LogP contribution in [0.2, 0.25) is 0 Å². The van der Waals surface area contributed by atoms with Crippen LogP contribution in [0.4, 0.5) is 5.69 Å². The number of aryl methyl sites for hydroxylation is 3. The van der Waals surface area contributed by atoms with E-state index in [1.807, 2.05) is 0 Å². The van der Waals surface area contributed by atoms with Crippen molar-refractivity contribution in [3.8, 4) is 0 Å². The number of carboxylic acids is 1. The van der Waals surface area contributed by atoms with E-state index in [1.54, 1.807) is 31.3 Å². The van der Waals surface area contributed by atoms with E-state index < -0.39 is 16.0 Å². The molecule has 0 amide bonds. The Morgan fingerprint density at radius 1 is 1.31 bits per heavy atom. The molecule has 8 heteroatoms. The summed E-state index contributed by atoms with van der Waals surface area (Å²) in [6, 6.07) is 6.99. The third-order valence-corrected chi connectivity index (χ3v) is 6.70. The normalized spacial score (nSPS) is 14.1. The molecule has 26 heavy (non-hydrogen) atoms. The van der Waals surface area contributed by atoms with Gasteiger partial charge in [0.1, 0.15) is 0 Å². The first-order chi connectivity index (χ1) is 12.3. The second-order valence-electron chi connectivity index (χ2n) is 6.60. The first kappa shape index (κ1) is 18.4. The van der Waals surface area contributed by atoms with Crippen LogP contribution in [0.15, 0.2) is 29.3 Å². The minimum absolute atomic E-state index is 0.00908. The Labute approximate surface area is 153 Å². The van der Waals surface area contributed by atoms with E-state index in [0.717, 1.165) is 42.5 Å². The van der Waals surface area contributed by atoms with E-state index >= 15 is 0 Å². The zero-order valence-electron chi connectivity index (χ0n) is 15.0. The number of anilines is 1. The number of hydrogen-bond acceptors (Lipinski definition) is 4. The van der Waals surface area contributed by atoms with Crippen molar-refractivity contribution in [2.45, 2.75) is 43.6 Å². The van der Waals surface area contributed by atoms with Gasteiger partial charge < -0.3 is 5.11 Å². The number of fused-ring (bicyclic) bond motifs is 1. The van der Waals surface area contributed by atoms with Crippen LogP contribution in [0.1, 0.15) is 36.1 Å². The van der Waals surface area contributed by atoms with Crippen molar-refractivity contribution < 1.29 is 18.3 Å². The van der Waals surface area contributed by atoms with Crippen LogP contribution in [-0.2, 0) is 41.1 Å².